The van der Waals surface area contributed by atoms with Crippen molar-refractivity contribution in [1.82, 2.24) is 9.66 Å². The van der Waals surface area contributed by atoms with Crippen molar-refractivity contribution in [3.8, 4) is 23.1 Å². The summed E-state index contributed by atoms with van der Waals surface area (Å²) in [7, 11) is 0. The Morgan fingerprint density at radius 2 is 1.73 bits per heavy atom. The molecule has 2 aromatic heterocycles. The van der Waals surface area contributed by atoms with Crippen LogP contribution < -0.4 is 15.0 Å². The number of halogens is 2. The molecule has 0 radical (unpaired) electrons. The summed E-state index contributed by atoms with van der Waals surface area (Å²) in [5.41, 5.74) is 2.47. The summed E-state index contributed by atoms with van der Waals surface area (Å²) in [5, 5.41) is 6.56. The molecular weight excluding hydrogens is 606 g/mol. The van der Waals surface area contributed by atoms with E-state index in [2.05, 4.69) is 21.0 Å². The molecule has 0 aliphatic rings. The minimum absolute atomic E-state index is 0.276. The van der Waals surface area contributed by atoms with Gasteiger partial charge >= 0.3 is 0 Å². The molecule has 0 saturated heterocycles. The Kier molecular flexibility index (Phi) is 7.59. The van der Waals surface area contributed by atoms with E-state index in [0.29, 0.717) is 61.2 Å². The first kappa shape index (κ1) is 26.8. The van der Waals surface area contributed by atoms with Crippen LogP contribution in [0.3, 0.4) is 0 Å². The van der Waals surface area contributed by atoms with E-state index in [1.165, 1.54) is 4.68 Å². The second kappa shape index (κ2) is 11.6. The van der Waals surface area contributed by atoms with Gasteiger partial charge in [-0.05, 0) is 65.3 Å². The zero-order valence-electron chi connectivity index (χ0n) is 21.9. The van der Waals surface area contributed by atoms with E-state index in [9.17, 15) is 4.79 Å². The molecule has 0 saturated carbocycles. The van der Waals surface area contributed by atoms with Crippen molar-refractivity contribution in [3.05, 3.63) is 122 Å². The molecule has 9 heteroatoms. The predicted molar refractivity (Wildman–Crippen MR) is 165 cm³/mol. The van der Waals surface area contributed by atoms with Gasteiger partial charge in [0.05, 0.1) is 23.7 Å². The molecule has 6 rings (SSSR count). The fraction of sp³-hybridized carbons (Fsp3) is 0.0938. The van der Waals surface area contributed by atoms with Crippen LogP contribution in [0.2, 0.25) is 5.02 Å². The van der Waals surface area contributed by atoms with Crippen molar-refractivity contribution < 1.29 is 13.9 Å². The minimum Gasteiger partial charge on any atom is -0.490 e. The second-order valence-corrected chi connectivity index (χ2v) is 10.4. The monoisotopic (exact) mass is 627 g/mol. The third kappa shape index (κ3) is 5.49. The Balaban J connectivity index is 1.41. The molecule has 204 valence electrons. The maximum atomic E-state index is 13.6. The maximum Gasteiger partial charge on any atom is 0.282 e. The summed E-state index contributed by atoms with van der Waals surface area (Å²) in [5.74, 6) is 1.81. The highest BCUT2D eigenvalue weighted by atomic mass is 79.9. The van der Waals surface area contributed by atoms with Crippen LogP contribution >= 0.6 is 27.5 Å². The lowest BCUT2D eigenvalue weighted by Gasteiger charge is -2.14. The summed E-state index contributed by atoms with van der Waals surface area (Å²) in [6.45, 7) is 2.61. The smallest absolute Gasteiger partial charge is 0.282 e. The Hall–Kier alpha value is -4.40. The number of rotatable bonds is 8. The average molecular weight is 629 g/mol. The Bertz CT molecular complexity index is 1950. The van der Waals surface area contributed by atoms with E-state index in [1.54, 1.807) is 30.5 Å². The van der Waals surface area contributed by atoms with Gasteiger partial charge in [0.15, 0.2) is 17.3 Å². The van der Waals surface area contributed by atoms with Gasteiger partial charge in [0.25, 0.3) is 5.56 Å². The van der Waals surface area contributed by atoms with Gasteiger partial charge in [-0.1, -0.05) is 60.1 Å². The van der Waals surface area contributed by atoms with Gasteiger partial charge in [-0.25, -0.2) is 4.98 Å². The summed E-state index contributed by atoms with van der Waals surface area (Å²) < 4.78 is 20.0. The second-order valence-electron chi connectivity index (χ2n) is 9.10. The van der Waals surface area contributed by atoms with Gasteiger partial charge in [-0.2, -0.15) is 9.78 Å². The maximum absolute atomic E-state index is 13.6. The Morgan fingerprint density at radius 3 is 2.56 bits per heavy atom. The lowest BCUT2D eigenvalue weighted by atomic mass is 10.2. The normalized spacial score (nSPS) is 11.5. The zero-order chi connectivity index (χ0) is 28.3. The lowest BCUT2D eigenvalue weighted by molar-refractivity contribution is 0.269. The molecule has 4 aromatic carbocycles. The average Bonchev–Trinajstić information content (AvgIpc) is 3.42. The molecule has 2 heterocycles. The van der Waals surface area contributed by atoms with E-state index in [1.807, 2.05) is 73.7 Å². The number of para-hydroxylation sites is 2. The minimum atomic E-state index is -0.317. The third-order valence-electron chi connectivity index (χ3n) is 6.42. The zero-order valence-corrected chi connectivity index (χ0v) is 24.2. The molecule has 41 heavy (non-hydrogen) atoms. The van der Waals surface area contributed by atoms with Gasteiger partial charge in [0.1, 0.15) is 12.2 Å². The third-order valence-corrected chi connectivity index (χ3v) is 7.47. The fourth-order valence-corrected chi connectivity index (χ4v) is 5.02. The quantitative estimate of drug-likeness (QED) is 0.159. The van der Waals surface area contributed by atoms with Crippen LogP contribution in [0.4, 0.5) is 0 Å². The van der Waals surface area contributed by atoms with E-state index in [0.717, 1.165) is 10.9 Å². The Labute approximate surface area is 248 Å². The fourth-order valence-electron chi connectivity index (χ4n) is 4.40. The number of fused-ring (bicyclic) bond motifs is 2. The molecule has 0 aliphatic carbocycles. The summed E-state index contributed by atoms with van der Waals surface area (Å²) in [6.07, 6.45) is 1.58. The van der Waals surface area contributed by atoms with Crippen molar-refractivity contribution in [3.63, 3.8) is 0 Å². The van der Waals surface area contributed by atoms with Gasteiger partial charge < -0.3 is 13.9 Å². The molecule has 0 fully saturated rings. The molecule has 0 aliphatic heterocycles. The van der Waals surface area contributed by atoms with Crippen molar-refractivity contribution in [2.45, 2.75) is 13.5 Å². The highest BCUT2D eigenvalue weighted by molar-refractivity contribution is 9.10. The number of ether oxygens (including phenoxy) is 2. The first-order valence-corrected chi connectivity index (χ1v) is 14.1. The molecular formula is C32H23BrClN3O4. The SMILES string of the molecule is CCOc1cc(C=Nn2c(-c3cc4ccccc4o3)nc3ccccc3c2=O)c(Br)cc1OCc1ccccc1Cl. The largest absolute Gasteiger partial charge is 0.490 e. The number of nitrogens with zero attached hydrogens (tertiary/aromatic N) is 3. The Morgan fingerprint density at radius 1 is 0.976 bits per heavy atom. The molecule has 0 unspecified atom stereocenters. The van der Waals surface area contributed by atoms with Crippen LogP contribution in [-0.2, 0) is 6.61 Å². The van der Waals surface area contributed by atoms with E-state index in [-0.39, 0.29) is 12.2 Å². The molecule has 0 N–H and O–H groups in total. The van der Waals surface area contributed by atoms with E-state index >= 15 is 0 Å². The molecule has 0 amide bonds. The van der Waals surface area contributed by atoms with Gasteiger partial charge in [-0.3, -0.25) is 4.79 Å². The van der Waals surface area contributed by atoms with Crippen LogP contribution in [0.1, 0.15) is 18.1 Å². The number of hydrogen-bond donors (Lipinski definition) is 0. The molecule has 6 aromatic rings. The predicted octanol–water partition coefficient (Wildman–Crippen LogP) is 8.09. The summed E-state index contributed by atoms with van der Waals surface area (Å²) in [4.78, 5) is 18.4. The molecule has 0 atom stereocenters. The summed E-state index contributed by atoms with van der Waals surface area (Å²) >= 11 is 9.92. The topological polar surface area (TPSA) is 78.9 Å². The molecule has 0 bridgehead atoms. The van der Waals surface area contributed by atoms with Gasteiger partial charge in [-0.15, -0.1) is 0 Å². The van der Waals surface area contributed by atoms with E-state index < -0.39 is 0 Å². The number of benzene rings is 4. The van der Waals surface area contributed by atoms with Crippen molar-refractivity contribution in [2.24, 2.45) is 5.10 Å². The highest BCUT2D eigenvalue weighted by Crippen LogP contribution is 2.34. The van der Waals surface area contributed by atoms with Crippen LogP contribution in [0.5, 0.6) is 11.5 Å². The number of aromatic nitrogens is 2. The van der Waals surface area contributed by atoms with Crippen molar-refractivity contribution >= 4 is 55.6 Å². The molecule has 7 nitrogen and oxygen atoms in total. The number of hydrogen-bond acceptors (Lipinski definition) is 6. The lowest BCUT2D eigenvalue weighted by Crippen LogP contribution is -2.20. The number of furan rings is 1. The van der Waals surface area contributed by atoms with Crippen molar-refractivity contribution in [1.29, 1.82) is 0 Å². The van der Waals surface area contributed by atoms with Crippen LogP contribution in [-0.4, -0.2) is 22.5 Å². The van der Waals surface area contributed by atoms with Crippen LogP contribution in [0.15, 0.2) is 110 Å². The first-order valence-electron chi connectivity index (χ1n) is 12.9. The van der Waals surface area contributed by atoms with E-state index in [4.69, 9.17) is 30.5 Å². The molecule has 0 spiro atoms. The van der Waals surface area contributed by atoms with Crippen molar-refractivity contribution in [2.75, 3.05) is 6.61 Å². The van der Waals surface area contributed by atoms with Gasteiger partial charge in [0, 0.05) is 26.0 Å². The van der Waals surface area contributed by atoms with Gasteiger partial charge in [0.2, 0.25) is 5.82 Å². The van der Waals surface area contributed by atoms with Crippen LogP contribution in [0.25, 0.3) is 33.5 Å². The standard InChI is InChI=1S/C32H23BrClN3O4/c1-2-39-28-16-22(24(33)17-29(28)40-19-21-10-3-6-12-25(21)34)18-35-37-31(30-15-20-9-4-8-14-27(20)41-30)36-26-13-7-5-11-23(26)32(37)38/h3-18H,2,19H2,1H3. The first-order chi connectivity index (χ1) is 20.0. The summed E-state index contributed by atoms with van der Waals surface area (Å²) in [6, 6.07) is 27.8. The van der Waals surface area contributed by atoms with Crippen LogP contribution in [0, 0.1) is 0 Å². The highest BCUT2D eigenvalue weighted by Gasteiger charge is 2.17.